The Morgan fingerprint density at radius 3 is 2.77 bits per heavy atom. The number of rotatable bonds is 3. The molecule has 6 nitrogen and oxygen atoms in total. The van der Waals surface area contributed by atoms with Gasteiger partial charge in [0, 0.05) is 6.20 Å². The summed E-state index contributed by atoms with van der Waals surface area (Å²) in [6.45, 7) is 7.82. The Kier molecular flexibility index (Phi) is 3.66. The Morgan fingerprint density at radius 2 is 2.14 bits per heavy atom. The Morgan fingerprint density at radius 1 is 1.36 bits per heavy atom. The van der Waals surface area contributed by atoms with Gasteiger partial charge in [-0.1, -0.05) is 19.0 Å². The van der Waals surface area contributed by atoms with Crippen molar-refractivity contribution in [3.05, 3.63) is 34.2 Å². The van der Waals surface area contributed by atoms with E-state index in [9.17, 15) is 4.79 Å². The quantitative estimate of drug-likeness (QED) is 0.797. The fraction of sp³-hybridized carbons (Fsp3) is 0.333. The van der Waals surface area contributed by atoms with Gasteiger partial charge in [-0.05, 0) is 25.8 Å². The molecule has 0 atom stereocenters. The molecule has 114 valence electrons. The lowest BCUT2D eigenvalue weighted by Gasteiger charge is -2.04. The lowest BCUT2D eigenvalue weighted by molar-refractivity contribution is 0.102. The van der Waals surface area contributed by atoms with E-state index in [2.05, 4.69) is 20.4 Å². The maximum atomic E-state index is 12.4. The third-order valence-electron chi connectivity index (χ3n) is 3.30. The van der Waals surface area contributed by atoms with Gasteiger partial charge in [-0.2, -0.15) is 0 Å². The summed E-state index contributed by atoms with van der Waals surface area (Å²) >= 11 is 1.46. The van der Waals surface area contributed by atoms with Crippen LogP contribution in [0.5, 0.6) is 0 Å². The lowest BCUT2D eigenvalue weighted by atomic mass is 10.1. The summed E-state index contributed by atoms with van der Waals surface area (Å²) in [5.74, 6) is -0.00944. The molecule has 0 bridgehead atoms. The zero-order valence-corrected chi connectivity index (χ0v) is 13.6. The van der Waals surface area contributed by atoms with Crippen LogP contribution in [0.3, 0.4) is 0 Å². The van der Waals surface area contributed by atoms with Gasteiger partial charge in [0.25, 0.3) is 11.6 Å². The van der Waals surface area contributed by atoms with Gasteiger partial charge >= 0.3 is 0 Å². The first-order chi connectivity index (χ1) is 10.5. The fourth-order valence-electron chi connectivity index (χ4n) is 2.21. The van der Waals surface area contributed by atoms with Gasteiger partial charge in [0.15, 0.2) is 0 Å². The number of hydrogen-bond acceptors (Lipinski definition) is 6. The highest BCUT2D eigenvalue weighted by atomic mass is 32.1. The molecule has 1 amide bonds. The fourth-order valence-corrected chi connectivity index (χ4v) is 3.03. The predicted molar refractivity (Wildman–Crippen MR) is 85.4 cm³/mol. The highest BCUT2D eigenvalue weighted by Crippen LogP contribution is 2.26. The number of nitrogens with one attached hydrogen (secondary N) is 1. The largest absolute Gasteiger partial charge is 0.336 e. The van der Waals surface area contributed by atoms with Gasteiger partial charge in [-0.25, -0.2) is 9.97 Å². The normalized spacial score (nSPS) is 11.3. The average molecular weight is 316 g/mol. The Hall–Kier alpha value is -2.28. The second kappa shape index (κ2) is 5.49. The molecule has 3 rings (SSSR count). The van der Waals surface area contributed by atoms with Crippen molar-refractivity contribution in [2.75, 3.05) is 5.32 Å². The molecular weight excluding hydrogens is 300 g/mol. The van der Waals surface area contributed by atoms with Crippen molar-refractivity contribution in [3.8, 4) is 0 Å². The molecule has 0 fully saturated rings. The number of hydrogen-bond donors (Lipinski definition) is 1. The number of aromatic nitrogens is 3. The predicted octanol–water partition coefficient (Wildman–Crippen LogP) is 3.67. The smallest absolute Gasteiger partial charge is 0.257 e. The Bertz CT molecular complexity index is 850. The SMILES string of the molecule is Cc1nc(C)c(NC(=O)c2cnc3onc(C(C)C)c3c2)s1. The van der Waals surface area contributed by atoms with Crippen LogP contribution in [-0.4, -0.2) is 21.0 Å². The molecule has 3 aromatic heterocycles. The van der Waals surface area contributed by atoms with Gasteiger partial charge in [0.1, 0.15) is 5.00 Å². The summed E-state index contributed by atoms with van der Waals surface area (Å²) in [4.78, 5) is 20.9. The molecule has 1 N–H and O–H groups in total. The lowest BCUT2D eigenvalue weighted by Crippen LogP contribution is -2.12. The number of thiazole rings is 1. The van der Waals surface area contributed by atoms with Crippen molar-refractivity contribution in [1.29, 1.82) is 0 Å². The summed E-state index contributed by atoms with van der Waals surface area (Å²) in [5.41, 5.74) is 2.55. The first-order valence-electron chi connectivity index (χ1n) is 6.96. The molecule has 7 heteroatoms. The van der Waals surface area contributed by atoms with Crippen LogP contribution < -0.4 is 5.32 Å². The van der Waals surface area contributed by atoms with E-state index < -0.39 is 0 Å². The van der Waals surface area contributed by atoms with Crippen LogP contribution in [0.2, 0.25) is 0 Å². The number of fused-ring (bicyclic) bond motifs is 1. The van der Waals surface area contributed by atoms with Crippen LogP contribution in [0.1, 0.15) is 46.5 Å². The maximum Gasteiger partial charge on any atom is 0.257 e. The van der Waals surface area contributed by atoms with Crippen LogP contribution in [0.25, 0.3) is 11.1 Å². The number of amides is 1. The summed E-state index contributed by atoms with van der Waals surface area (Å²) in [5, 5.41) is 9.36. The number of anilines is 1. The average Bonchev–Trinajstić information content (AvgIpc) is 3.01. The van der Waals surface area contributed by atoms with E-state index >= 15 is 0 Å². The van der Waals surface area contributed by atoms with Crippen molar-refractivity contribution >= 4 is 33.3 Å². The molecule has 0 aromatic carbocycles. The number of carbonyl (C=O) groups excluding carboxylic acids is 1. The summed E-state index contributed by atoms with van der Waals surface area (Å²) in [7, 11) is 0. The van der Waals surface area contributed by atoms with Crippen molar-refractivity contribution in [1.82, 2.24) is 15.1 Å². The molecule has 0 radical (unpaired) electrons. The molecule has 0 aliphatic heterocycles. The minimum atomic E-state index is -0.211. The second-order valence-electron chi connectivity index (χ2n) is 5.40. The molecule has 3 aromatic rings. The van der Waals surface area contributed by atoms with E-state index in [0.29, 0.717) is 11.3 Å². The molecule has 0 saturated heterocycles. The summed E-state index contributed by atoms with van der Waals surface area (Å²) in [6, 6.07) is 1.77. The van der Waals surface area contributed by atoms with E-state index in [1.807, 2.05) is 27.7 Å². The minimum absolute atomic E-state index is 0.202. The van der Waals surface area contributed by atoms with Gasteiger partial charge in [0.05, 0.1) is 27.3 Å². The van der Waals surface area contributed by atoms with Crippen LogP contribution in [0, 0.1) is 13.8 Å². The summed E-state index contributed by atoms with van der Waals surface area (Å²) in [6.07, 6.45) is 1.50. The van der Waals surface area contributed by atoms with E-state index in [1.165, 1.54) is 17.5 Å². The summed E-state index contributed by atoms with van der Waals surface area (Å²) < 4.78 is 5.19. The molecule has 0 spiro atoms. The zero-order chi connectivity index (χ0) is 15.9. The monoisotopic (exact) mass is 316 g/mol. The number of carbonyl (C=O) groups is 1. The van der Waals surface area contributed by atoms with Crippen molar-refractivity contribution in [2.45, 2.75) is 33.6 Å². The molecule has 0 aliphatic rings. The third kappa shape index (κ3) is 2.59. The number of aryl methyl sites for hydroxylation is 2. The van der Waals surface area contributed by atoms with Crippen LogP contribution >= 0.6 is 11.3 Å². The first kappa shape index (κ1) is 14.6. The third-order valence-corrected chi connectivity index (χ3v) is 4.29. The molecule has 0 aliphatic carbocycles. The second-order valence-corrected chi connectivity index (χ2v) is 6.60. The first-order valence-corrected chi connectivity index (χ1v) is 7.78. The maximum absolute atomic E-state index is 12.4. The zero-order valence-electron chi connectivity index (χ0n) is 12.8. The topological polar surface area (TPSA) is 80.9 Å². The van der Waals surface area contributed by atoms with Gasteiger partial charge in [-0.3, -0.25) is 4.79 Å². The standard InChI is InChI=1S/C15H16N4O2S/c1-7(2)12-11-5-10(6-16-14(11)21-19-12)13(20)18-15-8(3)17-9(4)22-15/h5-7H,1-4H3,(H,18,20). The van der Waals surface area contributed by atoms with Gasteiger partial charge in [-0.15, -0.1) is 11.3 Å². The van der Waals surface area contributed by atoms with Crippen LogP contribution in [0.4, 0.5) is 5.00 Å². The molecule has 3 heterocycles. The Labute approximate surface area is 131 Å². The number of pyridine rings is 1. The van der Waals surface area contributed by atoms with Crippen LogP contribution in [0.15, 0.2) is 16.8 Å². The van der Waals surface area contributed by atoms with Crippen molar-refractivity contribution in [3.63, 3.8) is 0 Å². The van der Waals surface area contributed by atoms with Gasteiger partial charge in [0.2, 0.25) is 0 Å². The highest BCUT2D eigenvalue weighted by molar-refractivity contribution is 7.16. The van der Waals surface area contributed by atoms with E-state index in [0.717, 1.165) is 26.8 Å². The van der Waals surface area contributed by atoms with Crippen molar-refractivity contribution < 1.29 is 9.32 Å². The van der Waals surface area contributed by atoms with Crippen molar-refractivity contribution in [2.24, 2.45) is 0 Å². The molecule has 0 saturated carbocycles. The van der Waals surface area contributed by atoms with E-state index in [1.54, 1.807) is 6.07 Å². The molecule has 0 unspecified atom stereocenters. The minimum Gasteiger partial charge on any atom is -0.336 e. The number of nitrogens with zero attached hydrogens (tertiary/aromatic N) is 3. The Balaban J connectivity index is 1.94. The highest BCUT2D eigenvalue weighted by Gasteiger charge is 2.17. The van der Waals surface area contributed by atoms with Crippen LogP contribution in [-0.2, 0) is 0 Å². The van der Waals surface area contributed by atoms with Gasteiger partial charge < -0.3 is 9.84 Å². The van der Waals surface area contributed by atoms with E-state index in [4.69, 9.17) is 4.52 Å². The van der Waals surface area contributed by atoms with E-state index in [-0.39, 0.29) is 11.8 Å². The molecule has 22 heavy (non-hydrogen) atoms. The molecular formula is C15H16N4O2S.